The monoisotopic (exact) mass is 165 g/mol. The Balaban J connectivity index is 3.72. The summed E-state index contributed by atoms with van der Waals surface area (Å²) >= 11 is 0. The summed E-state index contributed by atoms with van der Waals surface area (Å²) in [5.74, 6) is 0. The largest absolute Gasteiger partial charge is 0.395 e. The molecule has 0 heterocycles. The Labute approximate surface area is 64.5 Å². The predicted molar refractivity (Wildman–Crippen MR) is 43.5 cm³/mol. The van der Waals surface area contributed by atoms with Gasteiger partial charge in [0, 0.05) is 23.6 Å². The van der Waals surface area contributed by atoms with E-state index in [0.717, 1.165) is 0 Å². The number of hydrogen-bond donors (Lipinski definition) is 1. The van der Waals surface area contributed by atoms with E-state index in [4.69, 9.17) is 5.11 Å². The van der Waals surface area contributed by atoms with Gasteiger partial charge in [-0.3, -0.25) is 4.21 Å². The Bertz CT molecular complexity index is 116. The molecule has 3 nitrogen and oxygen atoms in total. The molecule has 2 atom stereocenters. The fourth-order valence-corrected chi connectivity index (χ4v) is 1.39. The van der Waals surface area contributed by atoms with Crippen molar-refractivity contribution in [3.63, 3.8) is 0 Å². The molecule has 0 aliphatic heterocycles. The van der Waals surface area contributed by atoms with Gasteiger partial charge in [0.2, 0.25) is 0 Å². The predicted octanol–water partition coefficient (Wildman–Crippen LogP) is -0.713. The average molecular weight is 165 g/mol. The van der Waals surface area contributed by atoms with Crippen LogP contribution in [0.3, 0.4) is 0 Å². The summed E-state index contributed by atoms with van der Waals surface area (Å²) in [6.45, 7) is 0.681. The Morgan fingerprint density at radius 3 is 2.20 bits per heavy atom. The molecule has 0 fully saturated rings. The number of nitrogens with zero attached hydrogens (tertiary/aromatic N) is 1. The Morgan fingerprint density at radius 1 is 1.60 bits per heavy atom. The lowest BCUT2D eigenvalue weighted by Crippen LogP contribution is -2.31. The molecule has 0 saturated heterocycles. The zero-order valence-corrected chi connectivity index (χ0v) is 7.52. The first kappa shape index (κ1) is 10.1. The maximum Gasteiger partial charge on any atom is 0.0702 e. The summed E-state index contributed by atoms with van der Waals surface area (Å²) in [5, 5.41) is 8.62. The van der Waals surface area contributed by atoms with Gasteiger partial charge in [-0.2, -0.15) is 0 Å². The molecule has 10 heavy (non-hydrogen) atoms. The van der Waals surface area contributed by atoms with E-state index in [2.05, 4.69) is 0 Å². The van der Waals surface area contributed by atoms with E-state index in [-0.39, 0.29) is 11.9 Å². The van der Waals surface area contributed by atoms with Crippen LogP contribution in [-0.2, 0) is 10.8 Å². The molecule has 0 aromatic heterocycles. The molecule has 2 unspecified atom stereocenters. The minimum absolute atomic E-state index is 0.00128. The van der Waals surface area contributed by atoms with E-state index >= 15 is 0 Å². The van der Waals surface area contributed by atoms with Crippen LogP contribution in [-0.4, -0.2) is 53.0 Å². The Hall–Kier alpha value is 0.0700. The number of aliphatic hydroxyl groups excluding tert-OH is 1. The molecular formula is C6H15NO2S. The van der Waals surface area contributed by atoms with Gasteiger partial charge in [-0.05, 0) is 14.1 Å². The van der Waals surface area contributed by atoms with E-state index < -0.39 is 10.8 Å². The van der Waals surface area contributed by atoms with Crippen molar-refractivity contribution in [2.75, 3.05) is 33.5 Å². The molecule has 0 bridgehead atoms. The second-order valence-electron chi connectivity index (χ2n) is 2.57. The molecule has 62 valence electrons. The molecule has 0 rings (SSSR count). The topological polar surface area (TPSA) is 40.5 Å². The number of rotatable bonds is 4. The molecule has 0 saturated carbocycles. The van der Waals surface area contributed by atoms with Crippen molar-refractivity contribution in [2.24, 2.45) is 0 Å². The van der Waals surface area contributed by atoms with Crippen LogP contribution in [0.1, 0.15) is 0 Å². The van der Waals surface area contributed by atoms with Crippen LogP contribution < -0.4 is 0 Å². The fourth-order valence-electron chi connectivity index (χ4n) is 0.675. The van der Waals surface area contributed by atoms with Gasteiger partial charge >= 0.3 is 0 Å². The quantitative estimate of drug-likeness (QED) is 0.598. The lowest BCUT2D eigenvalue weighted by Gasteiger charge is -2.15. The maximum absolute atomic E-state index is 10.8. The standard InChI is InChI=1S/C6H15NO2S/c1-7(2)4-6(5-8)10(3)9/h6,8H,4-5H2,1-3H3. The Kier molecular flexibility index (Phi) is 4.85. The van der Waals surface area contributed by atoms with Crippen LogP contribution in [0.5, 0.6) is 0 Å². The molecule has 0 radical (unpaired) electrons. The average Bonchev–Trinajstić information content (AvgIpc) is 1.81. The first-order valence-electron chi connectivity index (χ1n) is 3.15. The first-order valence-corrected chi connectivity index (χ1v) is 4.78. The summed E-state index contributed by atoms with van der Waals surface area (Å²) in [5.41, 5.74) is 0. The third kappa shape index (κ3) is 3.98. The highest BCUT2D eigenvalue weighted by Crippen LogP contribution is 1.93. The van der Waals surface area contributed by atoms with Crippen molar-refractivity contribution in [1.82, 2.24) is 4.90 Å². The Morgan fingerprint density at radius 2 is 2.10 bits per heavy atom. The van der Waals surface area contributed by atoms with Crippen LogP contribution in [0.2, 0.25) is 0 Å². The molecule has 0 amide bonds. The summed E-state index contributed by atoms with van der Waals surface area (Å²) in [7, 11) is 2.88. The SMILES string of the molecule is CN(C)CC(CO)S(C)=O. The maximum atomic E-state index is 10.8. The van der Waals surface area contributed by atoms with E-state index in [1.54, 1.807) is 6.26 Å². The second kappa shape index (κ2) is 4.82. The lowest BCUT2D eigenvalue weighted by molar-refractivity contribution is 0.267. The van der Waals surface area contributed by atoms with Crippen molar-refractivity contribution in [3.05, 3.63) is 0 Å². The normalized spacial score (nSPS) is 17.3. The summed E-state index contributed by atoms with van der Waals surface area (Å²) in [6, 6.07) is 0. The second-order valence-corrected chi connectivity index (χ2v) is 4.23. The van der Waals surface area contributed by atoms with Gasteiger partial charge in [0.05, 0.1) is 11.9 Å². The zero-order chi connectivity index (χ0) is 8.15. The van der Waals surface area contributed by atoms with E-state index in [1.165, 1.54) is 0 Å². The minimum atomic E-state index is -0.916. The van der Waals surface area contributed by atoms with Crippen molar-refractivity contribution < 1.29 is 9.32 Å². The van der Waals surface area contributed by atoms with Crippen molar-refractivity contribution in [3.8, 4) is 0 Å². The van der Waals surface area contributed by atoms with Crippen molar-refractivity contribution in [2.45, 2.75) is 5.25 Å². The smallest absolute Gasteiger partial charge is 0.0702 e. The van der Waals surface area contributed by atoms with Crippen LogP contribution >= 0.6 is 0 Å². The van der Waals surface area contributed by atoms with E-state index in [1.807, 2.05) is 19.0 Å². The van der Waals surface area contributed by atoms with E-state index in [0.29, 0.717) is 6.54 Å². The number of hydrogen-bond acceptors (Lipinski definition) is 3. The summed E-state index contributed by atoms with van der Waals surface area (Å²) in [4.78, 5) is 1.92. The summed E-state index contributed by atoms with van der Waals surface area (Å²) in [6.07, 6.45) is 1.62. The van der Waals surface area contributed by atoms with Crippen molar-refractivity contribution in [1.29, 1.82) is 0 Å². The molecule has 1 N–H and O–H groups in total. The third-order valence-electron chi connectivity index (χ3n) is 1.24. The zero-order valence-electron chi connectivity index (χ0n) is 6.70. The van der Waals surface area contributed by atoms with Crippen LogP contribution in [0.25, 0.3) is 0 Å². The van der Waals surface area contributed by atoms with Gasteiger partial charge in [0.25, 0.3) is 0 Å². The number of aliphatic hydroxyl groups is 1. The highest BCUT2D eigenvalue weighted by Gasteiger charge is 2.11. The molecular weight excluding hydrogens is 150 g/mol. The van der Waals surface area contributed by atoms with E-state index in [9.17, 15) is 4.21 Å². The fraction of sp³-hybridized carbons (Fsp3) is 1.00. The lowest BCUT2D eigenvalue weighted by atomic mass is 10.4. The molecule has 0 aromatic rings. The highest BCUT2D eigenvalue weighted by molar-refractivity contribution is 7.84. The third-order valence-corrected chi connectivity index (χ3v) is 2.48. The van der Waals surface area contributed by atoms with Gasteiger partial charge in [-0.25, -0.2) is 0 Å². The first-order chi connectivity index (χ1) is 4.57. The minimum Gasteiger partial charge on any atom is -0.395 e. The van der Waals surface area contributed by atoms with Gasteiger partial charge in [-0.15, -0.1) is 0 Å². The van der Waals surface area contributed by atoms with Gasteiger partial charge in [-0.1, -0.05) is 0 Å². The van der Waals surface area contributed by atoms with Gasteiger partial charge in [0.1, 0.15) is 0 Å². The molecule has 0 aliphatic carbocycles. The summed E-state index contributed by atoms with van der Waals surface area (Å²) < 4.78 is 10.8. The molecule has 0 spiro atoms. The van der Waals surface area contributed by atoms with Crippen LogP contribution in [0, 0.1) is 0 Å². The molecule has 4 heteroatoms. The van der Waals surface area contributed by atoms with Gasteiger partial charge in [0.15, 0.2) is 0 Å². The van der Waals surface area contributed by atoms with Gasteiger partial charge < -0.3 is 10.0 Å². The van der Waals surface area contributed by atoms with Crippen molar-refractivity contribution >= 4 is 10.8 Å². The molecule has 0 aromatic carbocycles. The molecule has 0 aliphatic rings. The highest BCUT2D eigenvalue weighted by atomic mass is 32.2. The van der Waals surface area contributed by atoms with Crippen LogP contribution in [0.4, 0.5) is 0 Å². The van der Waals surface area contributed by atoms with Crippen LogP contribution in [0.15, 0.2) is 0 Å².